The van der Waals surface area contributed by atoms with Gasteiger partial charge in [-0.25, -0.2) is 0 Å². The molecule has 1 aromatic carbocycles. The third kappa shape index (κ3) is 3.99. The number of anilines is 1. The number of para-hydroxylation sites is 1. The first-order valence-corrected chi connectivity index (χ1v) is 7.83. The lowest BCUT2D eigenvalue weighted by Gasteiger charge is -2.30. The zero-order chi connectivity index (χ0) is 14.4. The normalized spacial score (nSPS) is 17.6. The quantitative estimate of drug-likeness (QED) is 0.810. The van der Waals surface area contributed by atoms with Gasteiger partial charge in [-0.2, -0.15) is 0 Å². The lowest BCUT2D eigenvalue weighted by atomic mass is 9.83. The Hall–Kier alpha value is -1.51. The van der Waals surface area contributed by atoms with Crippen molar-refractivity contribution in [2.24, 2.45) is 5.92 Å². The molecule has 1 aromatic rings. The van der Waals surface area contributed by atoms with Gasteiger partial charge in [-0.05, 0) is 36.8 Å². The summed E-state index contributed by atoms with van der Waals surface area (Å²) in [6.07, 6.45) is 7.88. The van der Waals surface area contributed by atoms with Crippen LogP contribution >= 0.6 is 0 Å². The molecule has 3 N–H and O–H groups in total. The molecule has 110 valence electrons. The molecule has 0 bridgehead atoms. The third-order valence-corrected chi connectivity index (χ3v) is 4.41. The Bertz CT molecular complexity index is 438. The van der Waals surface area contributed by atoms with Gasteiger partial charge in [0.05, 0.1) is 6.42 Å². The summed E-state index contributed by atoms with van der Waals surface area (Å²) in [5.74, 6) is 0.756. The first-order valence-electron chi connectivity index (χ1n) is 7.83. The summed E-state index contributed by atoms with van der Waals surface area (Å²) in [5.41, 5.74) is 7.52. The number of benzene rings is 1. The summed E-state index contributed by atoms with van der Waals surface area (Å²) in [5, 5.41) is 3.22. The molecule has 3 nitrogen and oxygen atoms in total. The molecular formula is C17H26N2O. The molecular weight excluding hydrogens is 248 g/mol. The summed E-state index contributed by atoms with van der Waals surface area (Å²) in [4.78, 5) is 12.2. The Morgan fingerprint density at radius 3 is 2.65 bits per heavy atom. The van der Waals surface area contributed by atoms with Crippen molar-refractivity contribution in [3.8, 4) is 0 Å². The van der Waals surface area contributed by atoms with Crippen LogP contribution in [0.5, 0.6) is 0 Å². The first-order chi connectivity index (χ1) is 9.70. The number of carbonyl (C=O) groups excluding carboxylic acids is 1. The van der Waals surface area contributed by atoms with Crippen molar-refractivity contribution in [2.75, 3.05) is 5.73 Å². The van der Waals surface area contributed by atoms with Crippen LogP contribution in [0.2, 0.25) is 0 Å². The van der Waals surface area contributed by atoms with Crippen LogP contribution in [0, 0.1) is 5.92 Å². The van der Waals surface area contributed by atoms with Crippen molar-refractivity contribution in [2.45, 2.75) is 57.9 Å². The summed E-state index contributed by atoms with van der Waals surface area (Å²) in [6.45, 7) is 2.16. The first kappa shape index (κ1) is 14.9. The maximum Gasteiger partial charge on any atom is 0.224 e. The monoisotopic (exact) mass is 274 g/mol. The van der Waals surface area contributed by atoms with Crippen molar-refractivity contribution in [3.63, 3.8) is 0 Å². The topological polar surface area (TPSA) is 55.1 Å². The summed E-state index contributed by atoms with van der Waals surface area (Å²) in [7, 11) is 0. The van der Waals surface area contributed by atoms with Crippen LogP contribution in [-0.2, 0) is 11.2 Å². The average Bonchev–Trinajstić information content (AvgIpc) is 2.48. The van der Waals surface area contributed by atoms with E-state index in [1.54, 1.807) is 0 Å². The maximum atomic E-state index is 12.2. The Balaban J connectivity index is 1.90. The third-order valence-electron chi connectivity index (χ3n) is 4.41. The van der Waals surface area contributed by atoms with E-state index in [0.717, 1.165) is 12.0 Å². The Morgan fingerprint density at radius 1 is 1.30 bits per heavy atom. The Morgan fingerprint density at radius 2 is 2.00 bits per heavy atom. The summed E-state index contributed by atoms with van der Waals surface area (Å²) < 4.78 is 0. The highest BCUT2D eigenvalue weighted by molar-refractivity contribution is 5.80. The fourth-order valence-corrected chi connectivity index (χ4v) is 3.22. The predicted molar refractivity (Wildman–Crippen MR) is 83.4 cm³/mol. The zero-order valence-electron chi connectivity index (χ0n) is 12.4. The SMILES string of the molecule is CCC(NC(=O)Cc1ccccc1N)C1CCCCC1. The van der Waals surface area contributed by atoms with Gasteiger partial charge in [0, 0.05) is 11.7 Å². The number of amides is 1. The highest BCUT2D eigenvalue weighted by atomic mass is 16.1. The van der Waals surface area contributed by atoms with Gasteiger partial charge in [0.25, 0.3) is 0 Å². The molecule has 1 aliphatic rings. The van der Waals surface area contributed by atoms with E-state index in [4.69, 9.17) is 5.73 Å². The van der Waals surface area contributed by atoms with Gasteiger partial charge in [0.15, 0.2) is 0 Å². The standard InChI is InChI=1S/C17H26N2O/c1-2-16(13-8-4-3-5-9-13)19-17(20)12-14-10-6-7-11-15(14)18/h6-7,10-11,13,16H,2-5,8-9,12,18H2,1H3,(H,19,20). The van der Waals surface area contributed by atoms with E-state index in [0.29, 0.717) is 24.1 Å². The number of nitrogens with two attached hydrogens (primary N) is 1. The van der Waals surface area contributed by atoms with Crippen LogP contribution < -0.4 is 11.1 Å². The molecule has 1 fully saturated rings. The molecule has 2 rings (SSSR count). The van der Waals surface area contributed by atoms with Crippen molar-refractivity contribution in [1.29, 1.82) is 0 Å². The van der Waals surface area contributed by atoms with Gasteiger partial charge in [-0.1, -0.05) is 44.4 Å². The second kappa shape index (κ2) is 7.32. The van der Waals surface area contributed by atoms with Crippen molar-refractivity contribution >= 4 is 11.6 Å². The fraction of sp³-hybridized carbons (Fsp3) is 0.588. The highest BCUT2D eigenvalue weighted by Crippen LogP contribution is 2.27. The van der Waals surface area contributed by atoms with E-state index in [-0.39, 0.29) is 5.91 Å². The lowest BCUT2D eigenvalue weighted by Crippen LogP contribution is -2.41. The van der Waals surface area contributed by atoms with Crippen LogP contribution in [-0.4, -0.2) is 11.9 Å². The van der Waals surface area contributed by atoms with E-state index >= 15 is 0 Å². The highest BCUT2D eigenvalue weighted by Gasteiger charge is 2.23. The minimum atomic E-state index is 0.0975. The second-order valence-electron chi connectivity index (χ2n) is 5.86. The molecule has 0 heterocycles. The zero-order valence-corrected chi connectivity index (χ0v) is 12.4. The Kier molecular flexibility index (Phi) is 5.45. The molecule has 0 saturated heterocycles. The van der Waals surface area contributed by atoms with E-state index in [1.807, 2.05) is 24.3 Å². The molecule has 1 unspecified atom stereocenters. The molecule has 1 amide bonds. The number of hydrogen-bond acceptors (Lipinski definition) is 2. The van der Waals surface area contributed by atoms with Crippen molar-refractivity contribution in [3.05, 3.63) is 29.8 Å². The molecule has 1 saturated carbocycles. The van der Waals surface area contributed by atoms with Crippen LogP contribution in [0.3, 0.4) is 0 Å². The molecule has 0 spiro atoms. The number of nitrogens with one attached hydrogen (secondary N) is 1. The van der Waals surface area contributed by atoms with Crippen LogP contribution in [0.25, 0.3) is 0 Å². The van der Waals surface area contributed by atoms with Gasteiger partial charge in [-0.3, -0.25) is 4.79 Å². The number of nitrogen functional groups attached to an aromatic ring is 1. The van der Waals surface area contributed by atoms with E-state index in [2.05, 4.69) is 12.2 Å². The minimum Gasteiger partial charge on any atom is -0.398 e. The number of hydrogen-bond donors (Lipinski definition) is 2. The second-order valence-corrected chi connectivity index (χ2v) is 5.86. The van der Waals surface area contributed by atoms with Gasteiger partial charge in [0.1, 0.15) is 0 Å². The maximum absolute atomic E-state index is 12.2. The summed E-state index contributed by atoms with van der Waals surface area (Å²) >= 11 is 0. The van der Waals surface area contributed by atoms with E-state index < -0.39 is 0 Å². The molecule has 0 radical (unpaired) electrons. The van der Waals surface area contributed by atoms with Gasteiger partial charge in [-0.15, -0.1) is 0 Å². The number of carbonyl (C=O) groups is 1. The largest absolute Gasteiger partial charge is 0.398 e. The van der Waals surface area contributed by atoms with E-state index in [9.17, 15) is 4.79 Å². The molecule has 1 atom stereocenters. The number of rotatable bonds is 5. The molecule has 1 aliphatic carbocycles. The average molecular weight is 274 g/mol. The predicted octanol–water partition coefficient (Wildman–Crippen LogP) is 3.29. The molecule has 0 aromatic heterocycles. The smallest absolute Gasteiger partial charge is 0.224 e. The fourth-order valence-electron chi connectivity index (χ4n) is 3.22. The molecule has 20 heavy (non-hydrogen) atoms. The van der Waals surface area contributed by atoms with Gasteiger partial charge in [0.2, 0.25) is 5.91 Å². The summed E-state index contributed by atoms with van der Waals surface area (Å²) in [6, 6.07) is 7.93. The van der Waals surface area contributed by atoms with Crippen molar-refractivity contribution < 1.29 is 4.79 Å². The van der Waals surface area contributed by atoms with E-state index in [1.165, 1.54) is 32.1 Å². The van der Waals surface area contributed by atoms with Crippen LogP contribution in [0.1, 0.15) is 51.0 Å². The van der Waals surface area contributed by atoms with Gasteiger partial charge < -0.3 is 11.1 Å². The molecule has 0 aliphatic heterocycles. The van der Waals surface area contributed by atoms with Crippen molar-refractivity contribution in [1.82, 2.24) is 5.32 Å². The minimum absolute atomic E-state index is 0.0975. The van der Waals surface area contributed by atoms with Gasteiger partial charge >= 0.3 is 0 Å². The molecule has 3 heteroatoms. The lowest BCUT2D eigenvalue weighted by molar-refractivity contribution is -0.121. The Labute approximate surface area is 121 Å². The van der Waals surface area contributed by atoms with Crippen LogP contribution in [0.15, 0.2) is 24.3 Å². The van der Waals surface area contributed by atoms with Crippen LogP contribution in [0.4, 0.5) is 5.69 Å².